The van der Waals surface area contributed by atoms with E-state index in [4.69, 9.17) is 14.3 Å². The minimum atomic E-state index is -3.45. The molecule has 0 saturated carbocycles. The summed E-state index contributed by atoms with van der Waals surface area (Å²) in [5.41, 5.74) is 0.413. The van der Waals surface area contributed by atoms with Gasteiger partial charge in [-0.3, -0.25) is 10.1 Å². The van der Waals surface area contributed by atoms with Crippen LogP contribution in [0.15, 0.2) is 34.3 Å². The van der Waals surface area contributed by atoms with Gasteiger partial charge in [0.05, 0.1) is 23.9 Å². The summed E-state index contributed by atoms with van der Waals surface area (Å²) in [6.45, 7) is 3.05. The summed E-state index contributed by atoms with van der Waals surface area (Å²) in [4.78, 5) is 22.6. The van der Waals surface area contributed by atoms with Gasteiger partial charge in [-0.1, -0.05) is 17.3 Å². The van der Waals surface area contributed by atoms with Crippen molar-refractivity contribution in [3.63, 3.8) is 0 Å². The van der Waals surface area contributed by atoms with E-state index in [1.807, 2.05) is 0 Å². The lowest BCUT2D eigenvalue weighted by Crippen LogP contribution is -2.25. The number of nitrogens with one attached hydrogen (secondary N) is 1. The Morgan fingerprint density at radius 3 is 2.74 bits per heavy atom. The van der Waals surface area contributed by atoms with Gasteiger partial charge in [-0.15, -0.1) is 0 Å². The van der Waals surface area contributed by atoms with Gasteiger partial charge in [-0.2, -0.15) is 4.37 Å². The van der Waals surface area contributed by atoms with Crippen molar-refractivity contribution >= 4 is 38.1 Å². The third-order valence-corrected chi connectivity index (χ3v) is 6.93. The van der Waals surface area contributed by atoms with E-state index >= 15 is 0 Å². The molecule has 2 heterocycles. The molecular weight excluding hydrogens is 444 g/mol. The molecule has 1 atom stereocenters. The Labute approximate surface area is 184 Å². The van der Waals surface area contributed by atoms with Gasteiger partial charge in [-0.05, 0) is 25.5 Å². The van der Waals surface area contributed by atoms with Crippen LogP contribution in [0.3, 0.4) is 0 Å². The van der Waals surface area contributed by atoms with Crippen LogP contribution in [0.2, 0.25) is 0 Å². The van der Waals surface area contributed by atoms with Gasteiger partial charge in [0, 0.05) is 37.2 Å². The van der Waals surface area contributed by atoms with Crippen LogP contribution >= 0.6 is 11.5 Å². The molecule has 2 aromatic rings. The summed E-state index contributed by atoms with van der Waals surface area (Å²) < 4.78 is 39.1. The highest BCUT2D eigenvalue weighted by atomic mass is 32.2. The Kier molecular flexibility index (Phi) is 8.07. The summed E-state index contributed by atoms with van der Waals surface area (Å²) in [6.07, 6.45) is 0.827. The van der Waals surface area contributed by atoms with Gasteiger partial charge in [0.1, 0.15) is 5.82 Å². The number of hydrogen-bond acceptors (Lipinski definition) is 10. The predicted octanol–water partition coefficient (Wildman–Crippen LogP) is 1.81. The largest absolute Gasteiger partial charge is 0.389 e. The van der Waals surface area contributed by atoms with Crippen LogP contribution in [0.1, 0.15) is 24.2 Å². The minimum absolute atomic E-state index is 0.00286. The lowest BCUT2D eigenvalue weighted by atomic mass is 10.1. The zero-order valence-electron chi connectivity index (χ0n) is 17.2. The second kappa shape index (κ2) is 10.8. The Morgan fingerprint density at radius 1 is 1.35 bits per heavy atom. The molecule has 10 nitrogen and oxygen atoms in total. The van der Waals surface area contributed by atoms with Gasteiger partial charge in [0.25, 0.3) is 5.91 Å². The van der Waals surface area contributed by atoms with E-state index in [0.29, 0.717) is 49.2 Å². The molecule has 31 heavy (non-hydrogen) atoms. The summed E-state index contributed by atoms with van der Waals surface area (Å²) in [5, 5.41) is 7.02. The van der Waals surface area contributed by atoms with Gasteiger partial charge < -0.3 is 14.3 Å². The number of methoxy groups -OCH3 is 1. The normalized spacial score (nSPS) is 17.0. The van der Waals surface area contributed by atoms with E-state index in [1.54, 1.807) is 6.92 Å². The maximum absolute atomic E-state index is 12.8. The molecule has 0 unspecified atom stereocenters. The molecule has 12 heteroatoms. The first-order chi connectivity index (χ1) is 14.9. The highest BCUT2D eigenvalue weighted by Crippen LogP contribution is 2.17. The van der Waals surface area contributed by atoms with Crippen molar-refractivity contribution in [1.82, 2.24) is 9.36 Å². The third kappa shape index (κ3) is 6.53. The minimum Gasteiger partial charge on any atom is -0.389 e. The van der Waals surface area contributed by atoms with E-state index in [1.165, 1.54) is 31.4 Å². The maximum atomic E-state index is 12.8. The molecule has 1 saturated heterocycles. The van der Waals surface area contributed by atoms with Crippen molar-refractivity contribution in [3.8, 4) is 0 Å². The molecular formula is C19H24N4O6S2. The molecule has 1 aliphatic rings. The molecule has 1 amide bonds. The Morgan fingerprint density at radius 2 is 2.13 bits per heavy atom. The SMILES string of the molecule is COCCCS(=O)(=O)c1ccc(/C(=N\O[C@@H]2CCOC2)C(=O)Nc2nc(C)ns2)cc1. The summed E-state index contributed by atoms with van der Waals surface area (Å²) >= 11 is 1.05. The highest BCUT2D eigenvalue weighted by molar-refractivity contribution is 7.91. The Hall–Kier alpha value is -2.41. The lowest BCUT2D eigenvalue weighted by molar-refractivity contribution is -0.110. The van der Waals surface area contributed by atoms with Crippen LogP contribution < -0.4 is 5.32 Å². The van der Waals surface area contributed by atoms with E-state index < -0.39 is 15.7 Å². The number of aromatic nitrogens is 2. The number of nitrogens with zero attached hydrogens (tertiary/aromatic N) is 3. The third-order valence-electron chi connectivity index (χ3n) is 4.39. The predicted molar refractivity (Wildman–Crippen MR) is 115 cm³/mol. The van der Waals surface area contributed by atoms with Crippen molar-refractivity contribution in [1.29, 1.82) is 0 Å². The van der Waals surface area contributed by atoms with E-state index in [2.05, 4.69) is 19.8 Å². The lowest BCUT2D eigenvalue weighted by Gasteiger charge is -2.10. The molecule has 0 bridgehead atoms. The maximum Gasteiger partial charge on any atom is 0.280 e. The molecule has 1 aromatic heterocycles. The van der Waals surface area contributed by atoms with Gasteiger partial charge in [-0.25, -0.2) is 13.4 Å². The van der Waals surface area contributed by atoms with E-state index in [-0.39, 0.29) is 22.5 Å². The molecule has 1 fully saturated rings. The van der Waals surface area contributed by atoms with Crippen molar-refractivity contribution in [3.05, 3.63) is 35.7 Å². The zero-order chi connectivity index (χ0) is 22.3. The van der Waals surface area contributed by atoms with Crippen LogP contribution in [-0.2, 0) is 28.9 Å². The number of ether oxygens (including phenoxy) is 2. The summed E-state index contributed by atoms with van der Waals surface area (Å²) in [7, 11) is -1.93. The van der Waals surface area contributed by atoms with Crippen LogP contribution in [0.5, 0.6) is 0 Å². The fraction of sp³-hybridized carbons (Fsp3) is 0.474. The topological polar surface area (TPSA) is 129 Å². The number of oxime groups is 1. The number of hydrogen-bond donors (Lipinski definition) is 1. The fourth-order valence-electron chi connectivity index (χ4n) is 2.78. The van der Waals surface area contributed by atoms with Crippen molar-refractivity contribution in [2.45, 2.75) is 30.8 Å². The monoisotopic (exact) mass is 468 g/mol. The van der Waals surface area contributed by atoms with Gasteiger partial charge in [0.15, 0.2) is 21.7 Å². The quantitative estimate of drug-likeness (QED) is 0.317. The first-order valence-electron chi connectivity index (χ1n) is 9.64. The standard InChI is InChI=1S/C19H24N4O6S2/c1-13-20-19(30-23-13)21-18(24)17(22-29-15-8-10-28-12-15)14-4-6-16(7-5-14)31(25,26)11-3-9-27-2/h4-7,15H,3,8-12H2,1-2H3,(H,20,21,23,24)/b22-17+/t15-/m1/s1. The molecule has 3 rings (SSSR count). The van der Waals surface area contributed by atoms with Crippen LogP contribution in [0.4, 0.5) is 5.13 Å². The summed E-state index contributed by atoms with van der Waals surface area (Å²) in [5.74, 6) is -0.0186. The van der Waals surface area contributed by atoms with Crippen molar-refractivity contribution < 1.29 is 27.5 Å². The number of sulfone groups is 1. The highest BCUT2D eigenvalue weighted by Gasteiger charge is 2.22. The fourth-order valence-corrected chi connectivity index (χ4v) is 4.64. The molecule has 1 aromatic carbocycles. The molecule has 168 valence electrons. The Bertz CT molecular complexity index is 1010. The zero-order valence-corrected chi connectivity index (χ0v) is 18.9. The Balaban J connectivity index is 1.80. The van der Waals surface area contributed by atoms with E-state index in [0.717, 1.165) is 11.5 Å². The first-order valence-corrected chi connectivity index (χ1v) is 12.1. The number of aryl methyl sites for hydroxylation is 1. The van der Waals surface area contributed by atoms with E-state index in [9.17, 15) is 13.2 Å². The molecule has 0 spiro atoms. The smallest absolute Gasteiger partial charge is 0.280 e. The van der Waals surface area contributed by atoms with Crippen molar-refractivity contribution in [2.24, 2.45) is 5.16 Å². The molecule has 0 aliphatic carbocycles. The van der Waals surface area contributed by atoms with Crippen LogP contribution in [0.25, 0.3) is 0 Å². The number of rotatable bonds is 10. The average Bonchev–Trinajstić information content (AvgIpc) is 3.40. The molecule has 0 radical (unpaired) electrons. The first kappa shape index (κ1) is 23.3. The molecule has 1 N–H and O–H groups in total. The number of carbonyl (C=O) groups is 1. The molecule has 1 aliphatic heterocycles. The number of amides is 1. The summed E-state index contributed by atoms with van der Waals surface area (Å²) in [6, 6.07) is 5.96. The number of benzene rings is 1. The van der Waals surface area contributed by atoms with Crippen molar-refractivity contribution in [2.75, 3.05) is 38.0 Å². The average molecular weight is 469 g/mol. The van der Waals surface area contributed by atoms with Gasteiger partial charge >= 0.3 is 0 Å². The van der Waals surface area contributed by atoms with Crippen LogP contribution in [-0.4, -0.2) is 68.2 Å². The van der Waals surface area contributed by atoms with Gasteiger partial charge in [0.2, 0.25) is 5.13 Å². The second-order valence-corrected chi connectivity index (χ2v) is 9.68. The second-order valence-electron chi connectivity index (χ2n) is 6.82. The number of carbonyl (C=O) groups excluding carboxylic acids is 1. The number of anilines is 1. The van der Waals surface area contributed by atoms with Crippen LogP contribution in [0, 0.1) is 6.92 Å².